The zero-order valence-electron chi connectivity index (χ0n) is 24.3. The lowest BCUT2D eigenvalue weighted by atomic mass is 9.82. The molecule has 1 heterocycles. The Hall–Kier alpha value is -3.45. The second-order valence-corrected chi connectivity index (χ2v) is 12.6. The van der Waals surface area contributed by atoms with Gasteiger partial charge < -0.3 is 0 Å². The quantitative estimate of drug-likeness (QED) is 0.273. The minimum absolute atomic E-state index is 0.133. The number of hydrogen-bond acceptors (Lipinski definition) is 9. The summed E-state index contributed by atoms with van der Waals surface area (Å²) in [6, 6.07) is 0. The molecule has 0 saturated heterocycles. The van der Waals surface area contributed by atoms with Crippen molar-refractivity contribution in [1.82, 2.24) is 13.7 Å². The van der Waals surface area contributed by atoms with Gasteiger partial charge in [-0.3, -0.25) is 0 Å². The number of nitrogens with zero attached hydrogens (tertiary/aromatic N) is 6. The first-order valence-corrected chi connectivity index (χ1v) is 15.5. The van der Waals surface area contributed by atoms with Gasteiger partial charge in [0.15, 0.2) is 0 Å². The van der Waals surface area contributed by atoms with Crippen molar-refractivity contribution in [2.45, 2.75) is 96.7 Å². The van der Waals surface area contributed by atoms with Crippen molar-refractivity contribution in [2.75, 3.05) is 19.6 Å². The zero-order valence-corrected chi connectivity index (χ0v) is 24.3. The molecule has 0 unspecified atom stereocenters. The van der Waals surface area contributed by atoms with Crippen LogP contribution in [-0.2, 0) is 34.0 Å². The fourth-order valence-electron chi connectivity index (χ4n) is 7.21. The Morgan fingerprint density at radius 3 is 0.857 bits per heavy atom. The summed E-state index contributed by atoms with van der Waals surface area (Å²) in [5.74, 6) is 1.33. The summed E-state index contributed by atoms with van der Waals surface area (Å²) < 4.78 is 3.85. The van der Waals surface area contributed by atoms with Gasteiger partial charge in [0.05, 0.1) is 19.6 Å². The lowest BCUT2D eigenvalue weighted by Crippen LogP contribution is -2.56. The van der Waals surface area contributed by atoms with Gasteiger partial charge in [0, 0.05) is 19.6 Å². The number of aliphatic imine (C=N–C) groups is 3. The predicted molar refractivity (Wildman–Crippen MR) is 155 cm³/mol. The summed E-state index contributed by atoms with van der Waals surface area (Å²) in [6.07, 6.45) is 15.0. The average molecular weight is 583 g/mol. The van der Waals surface area contributed by atoms with Crippen LogP contribution in [0, 0.1) is 35.5 Å². The molecule has 0 radical (unpaired) electrons. The summed E-state index contributed by atoms with van der Waals surface area (Å²) in [5.41, 5.74) is -1.59. The Bertz CT molecular complexity index is 1170. The highest BCUT2D eigenvalue weighted by atomic mass is 16.2. The molecular formula is C30H42N6O6. The molecule has 3 fully saturated rings. The third-order valence-electron chi connectivity index (χ3n) is 9.85. The maximum Gasteiger partial charge on any atom is 0.336 e. The Labute approximate surface area is 244 Å². The SMILES string of the molecule is O=C=NCC1CCC(Cn2c(=O)n(CC3CCC(CN=C=O)CC3)c(=O)n(CC3CCC(CN=C=O)CC3)c2=O)CC1. The van der Waals surface area contributed by atoms with Crippen LogP contribution in [0.5, 0.6) is 0 Å². The first-order chi connectivity index (χ1) is 20.4. The molecule has 1 aromatic rings. The molecule has 4 rings (SSSR count). The highest BCUT2D eigenvalue weighted by Gasteiger charge is 2.28. The Morgan fingerprint density at radius 2 is 0.643 bits per heavy atom. The van der Waals surface area contributed by atoms with Gasteiger partial charge in [0.25, 0.3) is 0 Å². The van der Waals surface area contributed by atoms with E-state index in [1.54, 1.807) is 18.2 Å². The molecule has 0 bridgehead atoms. The number of rotatable bonds is 12. The van der Waals surface area contributed by atoms with E-state index in [-0.39, 0.29) is 37.4 Å². The third kappa shape index (κ3) is 8.31. The van der Waals surface area contributed by atoms with Crippen LogP contribution in [0.4, 0.5) is 0 Å². The monoisotopic (exact) mass is 582 g/mol. The minimum atomic E-state index is -0.531. The number of hydrogen-bond donors (Lipinski definition) is 0. The molecule has 0 spiro atoms. The van der Waals surface area contributed by atoms with E-state index in [0.717, 1.165) is 77.0 Å². The van der Waals surface area contributed by atoms with E-state index < -0.39 is 17.1 Å². The maximum atomic E-state index is 13.7. The molecule has 0 N–H and O–H groups in total. The average Bonchev–Trinajstić information content (AvgIpc) is 3.02. The fraction of sp³-hybridized carbons (Fsp3) is 0.800. The van der Waals surface area contributed by atoms with E-state index in [1.165, 1.54) is 13.7 Å². The number of carbonyl (C=O) groups excluding carboxylic acids is 3. The Morgan fingerprint density at radius 1 is 0.429 bits per heavy atom. The van der Waals surface area contributed by atoms with Gasteiger partial charge in [-0.15, -0.1) is 0 Å². The normalized spacial score (nSPS) is 27.7. The van der Waals surface area contributed by atoms with Crippen LogP contribution in [-0.4, -0.2) is 51.6 Å². The predicted octanol–water partition coefficient (Wildman–Crippen LogP) is 2.60. The molecule has 0 aliphatic heterocycles. The second kappa shape index (κ2) is 15.7. The van der Waals surface area contributed by atoms with Crippen molar-refractivity contribution in [2.24, 2.45) is 50.5 Å². The van der Waals surface area contributed by atoms with E-state index in [2.05, 4.69) is 15.0 Å². The summed E-state index contributed by atoms with van der Waals surface area (Å²) in [7, 11) is 0. The number of aromatic nitrogens is 3. The van der Waals surface area contributed by atoms with Crippen LogP contribution in [0.3, 0.4) is 0 Å². The standard InChI is InChI=1S/C30H42N6O6/c37-19-31-13-22-1-7-25(8-2-22)16-34-28(40)35(17-26-9-3-23(4-10-26)14-32-20-38)30(42)36(29(34)41)18-27-11-5-24(6-12-27)15-33-21-39/h22-27H,1-18H2. The zero-order chi connectivity index (χ0) is 29.9. The van der Waals surface area contributed by atoms with Crippen LogP contribution in [0.2, 0.25) is 0 Å². The van der Waals surface area contributed by atoms with Crippen LogP contribution in [0.1, 0.15) is 77.0 Å². The van der Waals surface area contributed by atoms with Crippen molar-refractivity contribution in [3.05, 3.63) is 31.5 Å². The third-order valence-corrected chi connectivity index (χ3v) is 9.85. The Balaban J connectivity index is 1.54. The lowest BCUT2D eigenvalue weighted by Gasteiger charge is -2.30. The van der Waals surface area contributed by atoms with Gasteiger partial charge in [-0.25, -0.2) is 57.4 Å². The molecule has 0 amide bonds. The van der Waals surface area contributed by atoms with Crippen molar-refractivity contribution in [3.8, 4) is 0 Å². The molecule has 3 aliphatic rings. The molecule has 0 aromatic carbocycles. The van der Waals surface area contributed by atoms with Gasteiger partial charge in [0.1, 0.15) is 0 Å². The molecule has 228 valence electrons. The molecular weight excluding hydrogens is 540 g/mol. The highest BCUT2D eigenvalue weighted by Crippen LogP contribution is 2.32. The van der Waals surface area contributed by atoms with Gasteiger partial charge in [0.2, 0.25) is 18.2 Å². The largest absolute Gasteiger partial charge is 0.336 e. The molecule has 0 atom stereocenters. The summed E-state index contributed by atoms with van der Waals surface area (Å²) in [5, 5.41) is 0. The number of isocyanates is 3. The van der Waals surface area contributed by atoms with Gasteiger partial charge in [-0.2, -0.15) is 0 Å². The highest BCUT2D eigenvalue weighted by molar-refractivity contribution is 5.33. The Kier molecular flexibility index (Phi) is 11.8. The van der Waals surface area contributed by atoms with Crippen LogP contribution < -0.4 is 17.1 Å². The lowest BCUT2D eigenvalue weighted by molar-refractivity contribution is 0.220. The van der Waals surface area contributed by atoms with Crippen LogP contribution >= 0.6 is 0 Å². The topological polar surface area (TPSA) is 154 Å². The summed E-state index contributed by atoms with van der Waals surface area (Å²) in [4.78, 5) is 83.8. The van der Waals surface area contributed by atoms with Crippen molar-refractivity contribution >= 4 is 18.2 Å². The smallest absolute Gasteiger partial charge is 0.247 e. The van der Waals surface area contributed by atoms with E-state index in [9.17, 15) is 28.8 Å². The van der Waals surface area contributed by atoms with E-state index in [1.807, 2.05) is 0 Å². The van der Waals surface area contributed by atoms with Gasteiger partial charge >= 0.3 is 17.1 Å². The van der Waals surface area contributed by atoms with Crippen LogP contribution in [0.15, 0.2) is 29.4 Å². The van der Waals surface area contributed by atoms with Crippen LogP contribution in [0.25, 0.3) is 0 Å². The minimum Gasteiger partial charge on any atom is -0.247 e. The molecule has 12 heteroatoms. The first-order valence-electron chi connectivity index (χ1n) is 15.5. The molecule has 1 aromatic heterocycles. The second-order valence-electron chi connectivity index (χ2n) is 12.6. The van der Waals surface area contributed by atoms with Crippen molar-refractivity contribution in [3.63, 3.8) is 0 Å². The van der Waals surface area contributed by atoms with E-state index in [0.29, 0.717) is 37.4 Å². The molecule has 3 saturated carbocycles. The molecule has 3 aliphatic carbocycles. The summed E-state index contributed by atoms with van der Waals surface area (Å²) in [6.45, 7) is 2.20. The van der Waals surface area contributed by atoms with Gasteiger partial charge in [-0.1, -0.05) is 0 Å². The maximum absolute atomic E-state index is 13.7. The molecule has 42 heavy (non-hydrogen) atoms. The van der Waals surface area contributed by atoms with E-state index >= 15 is 0 Å². The van der Waals surface area contributed by atoms with Gasteiger partial charge in [-0.05, 0) is 113 Å². The summed E-state index contributed by atoms with van der Waals surface area (Å²) >= 11 is 0. The van der Waals surface area contributed by atoms with Crippen molar-refractivity contribution < 1.29 is 14.4 Å². The fourth-order valence-corrected chi connectivity index (χ4v) is 7.21. The molecule has 12 nitrogen and oxygen atoms in total. The van der Waals surface area contributed by atoms with Crippen molar-refractivity contribution in [1.29, 1.82) is 0 Å². The first kappa shape index (κ1) is 31.5. The van der Waals surface area contributed by atoms with E-state index in [4.69, 9.17) is 0 Å².